The number of aliphatic hydroxyl groups is 1. The summed E-state index contributed by atoms with van der Waals surface area (Å²) >= 11 is 0. The monoisotopic (exact) mass is 283 g/mol. The van der Waals surface area contributed by atoms with E-state index in [2.05, 4.69) is 4.90 Å². The zero-order chi connectivity index (χ0) is 14.0. The number of rotatable bonds is 3. The van der Waals surface area contributed by atoms with E-state index in [9.17, 15) is 13.5 Å². The summed E-state index contributed by atoms with van der Waals surface area (Å²) in [6, 6.07) is 9.42. The average Bonchev–Trinajstić information content (AvgIpc) is 2.41. The lowest BCUT2D eigenvalue weighted by atomic mass is 10.1. The van der Waals surface area contributed by atoms with Crippen LogP contribution in [-0.4, -0.2) is 48.6 Å². The van der Waals surface area contributed by atoms with Crippen molar-refractivity contribution in [2.75, 3.05) is 18.8 Å². The molecule has 3 atom stereocenters. The van der Waals surface area contributed by atoms with Gasteiger partial charge in [0.15, 0.2) is 9.84 Å². The van der Waals surface area contributed by atoms with Crippen LogP contribution < -0.4 is 0 Å². The standard InChI is InChI=1S/C14H21NO3S/c1-11-12(2)19(17,18)9-8-15(11)10-14(16)13-6-4-3-5-7-13/h3-7,11-12,14,16H,8-10H2,1-2H3. The Bertz CT molecular complexity index is 515. The van der Waals surface area contributed by atoms with E-state index in [0.717, 1.165) is 5.56 Å². The Morgan fingerprint density at radius 2 is 1.95 bits per heavy atom. The first kappa shape index (κ1) is 14.5. The molecule has 1 aromatic rings. The van der Waals surface area contributed by atoms with Crippen molar-refractivity contribution < 1.29 is 13.5 Å². The molecule has 1 saturated heterocycles. The normalized spacial score (nSPS) is 29.0. The number of hydrogen-bond acceptors (Lipinski definition) is 4. The number of hydrogen-bond donors (Lipinski definition) is 1. The van der Waals surface area contributed by atoms with Crippen molar-refractivity contribution in [2.24, 2.45) is 0 Å². The molecule has 0 aliphatic carbocycles. The van der Waals surface area contributed by atoms with Crippen LogP contribution in [0.1, 0.15) is 25.5 Å². The second-order valence-electron chi connectivity index (χ2n) is 5.23. The molecule has 2 rings (SSSR count). The summed E-state index contributed by atoms with van der Waals surface area (Å²) < 4.78 is 23.6. The van der Waals surface area contributed by atoms with E-state index >= 15 is 0 Å². The molecule has 0 spiro atoms. The fourth-order valence-corrected chi connectivity index (χ4v) is 4.12. The highest BCUT2D eigenvalue weighted by atomic mass is 32.2. The van der Waals surface area contributed by atoms with Crippen molar-refractivity contribution in [3.8, 4) is 0 Å². The summed E-state index contributed by atoms with van der Waals surface area (Å²) in [6.45, 7) is 4.64. The predicted molar refractivity (Wildman–Crippen MR) is 75.7 cm³/mol. The molecule has 1 fully saturated rings. The van der Waals surface area contributed by atoms with Gasteiger partial charge in [-0.25, -0.2) is 8.42 Å². The zero-order valence-electron chi connectivity index (χ0n) is 11.4. The quantitative estimate of drug-likeness (QED) is 0.906. The van der Waals surface area contributed by atoms with Gasteiger partial charge in [0.2, 0.25) is 0 Å². The van der Waals surface area contributed by atoms with Gasteiger partial charge in [-0.05, 0) is 19.4 Å². The molecular weight excluding hydrogens is 262 g/mol. The number of sulfone groups is 1. The van der Waals surface area contributed by atoms with Gasteiger partial charge in [0, 0.05) is 19.1 Å². The third-order valence-electron chi connectivity index (χ3n) is 4.08. The highest BCUT2D eigenvalue weighted by Gasteiger charge is 2.36. The summed E-state index contributed by atoms with van der Waals surface area (Å²) in [5.41, 5.74) is 0.871. The maximum absolute atomic E-state index is 11.8. The molecule has 4 nitrogen and oxygen atoms in total. The second kappa shape index (κ2) is 5.61. The Morgan fingerprint density at radius 1 is 1.32 bits per heavy atom. The fourth-order valence-electron chi connectivity index (χ4n) is 2.49. The van der Waals surface area contributed by atoms with Gasteiger partial charge >= 0.3 is 0 Å². The van der Waals surface area contributed by atoms with E-state index in [1.165, 1.54) is 0 Å². The average molecular weight is 283 g/mol. The van der Waals surface area contributed by atoms with Crippen LogP contribution in [0.5, 0.6) is 0 Å². The molecule has 106 valence electrons. The molecule has 0 bridgehead atoms. The van der Waals surface area contributed by atoms with Gasteiger partial charge in [0.05, 0.1) is 17.1 Å². The van der Waals surface area contributed by atoms with Crippen molar-refractivity contribution in [3.05, 3.63) is 35.9 Å². The van der Waals surface area contributed by atoms with E-state index in [1.54, 1.807) is 6.92 Å². The second-order valence-corrected chi connectivity index (χ2v) is 7.71. The summed E-state index contributed by atoms with van der Waals surface area (Å²) in [6.07, 6.45) is -0.573. The van der Waals surface area contributed by atoms with E-state index in [4.69, 9.17) is 0 Å². The molecule has 1 aliphatic heterocycles. The van der Waals surface area contributed by atoms with Gasteiger partial charge in [0.25, 0.3) is 0 Å². The molecular formula is C14H21NO3S. The molecule has 5 heteroatoms. The summed E-state index contributed by atoms with van der Waals surface area (Å²) in [5, 5.41) is 9.84. The molecule has 0 radical (unpaired) electrons. The maximum Gasteiger partial charge on any atom is 0.155 e. The van der Waals surface area contributed by atoms with Gasteiger partial charge < -0.3 is 5.11 Å². The predicted octanol–water partition coefficient (Wildman–Crippen LogP) is 1.23. The SMILES string of the molecule is CC1C(C)S(=O)(=O)CCN1CC(O)c1ccccc1. The first-order valence-electron chi connectivity index (χ1n) is 6.60. The largest absolute Gasteiger partial charge is 0.387 e. The van der Waals surface area contributed by atoms with Crippen molar-refractivity contribution in [2.45, 2.75) is 31.2 Å². The van der Waals surface area contributed by atoms with Gasteiger partial charge in [-0.2, -0.15) is 0 Å². The van der Waals surface area contributed by atoms with Crippen LogP contribution in [-0.2, 0) is 9.84 Å². The molecule has 1 heterocycles. The Hall–Kier alpha value is -0.910. The molecule has 1 N–H and O–H groups in total. The van der Waals surface area contributed by atoms with Crippen LogP contribution >= 0.6 is 0 Å². The minimum atomic E-state index is -2.97. The first-order chi connectivity index (χ1) is 8.92. The molecule has 0 amide bonds. The molecule has 0 saturated carbocycles. The highest BCUT2D eigenvalue weighted by Crippen LogP contribution is 2.22. The zero-order valence-corrected chi connectivity index (χ0v) is 12.2. The van der Waals surface area contributed by atoms with Gasteiger partial charge in [-0.15, -0.1) is 0 Å². The maximum atomic E-state index is 11.8. The number of aliphatic hydroxyl groups excluding tert-OH is 1. The lowest BCUT2D eigenvalue weighted by Crippen LogP contribution is -2.53. The molecule has 19 heavy (non-hydrogen) atoms. The van der Waals surface area contributed by atoms with Crippen LogP contribution in [0.15, 0.2) is 30.3 Å². The number of β-amino-alcohol motifs (C(OH)–C–C–N with tert-alkyl or cyclic N) is 1. The van der Waals surface area contributed by atoms with Gasteiger partial charge in [0.1, 0.15) is 0 Å². The van der Waals surface area contributed by atoms with Crippen LogP contribution in [0.2, 0.25) is 0 Å². The van der Waals surface area contributed by atoms with E-state index < -0.39 is 15.9 Å². The highest BCUT2D eigenvalue weighted by molar-refractivity contribution is 7.92. The Kier molecular flexibility index (Phi) is 4.28. The van der Waals surface area contributed by atoms with Gasteiger partial charge in [-0.3, -0.25) is 4.90 Å². The first-order valence-corrected chi connectivity index (χ1v) is 8.32. The van der Waals surface area contributed by atoms with Crippen molar-refractivity contribution in [1.82, 2.24) is 4.90 Å². The minimum Gasteiger partial charge on any atom is -0.387 e. The van der Waals surface area contributed by atoms with Crippen LogP contribution in [0.4, 0.5) is 0 Å². The van der Waals surface area contributed by atoms with E-state index in [1.807, 2.05) is 37.3 Å². The summed E-state index contributed by atoms with van der Waals surface area (Å²) in [5.74, 6) is 0.181. The molecule has 0 aromatic heterocycles. The summed E-state index contributed by atoms with van der Waals surface area (Å²) in [7, 11) is -2.97. The molecule has 3 unspecified atom stereocenters. The molecule has 1 aromatic carbocycles. The fraction of sp³-hybridized carbons (Fsp3) is 0.571. The third kappa shape index (κ3) is 3.16. The van der Waals surface area contributed by atoms with Crippen LogP contribution in [0, 0.1) is 0 Å². The Morgan fingerprint density at radius 3 is 2.58 bits per heavy atom. The lowest BCUT2D eigenvalue weighted by molar-refractivity contribution is 0.0910. The summed E-state index contributed by atoms with van der Waals surface area (Å²) in [4.78, 5) is 2.06. The number of nitrogens with zero attached hydrogens (tertiary/aromatic N) is 1. The third-order valence-corrected chi connectivity index (χ3v) is 6.35. The Labute approximate surface area is 115 Å². The van der Waals surface area contributed by atoms with Gasteiger partial charge in [-0.1, -0.05) is 30.3 Å². The van der Waals surface area contributed by atoms with Crippen molar-refractivity contribution in [3.63, 3.8) is 0 Å². The number of benzene rings is 1. The molecule has 1 aliphatic rings. The van der Waals surface area contributed by atoms with E-state index in [0.29, 0.717) is 13.1 Å². The van der Waals surface area contributed by atoms with Crippen LogP contribution in [0.25, 0.3) is 0 Å². The van der Waals surface area contributed by atoms with Crippen LogP contribution in [0.3, 0.4) is 0 Å². The Balaban J connectivity index is 2.04. The minimum absolute atomic E-state index is 0.0582. The smallest absolute Gasteiger partial charge is 0.155 e. The van der Waals surface area contributed by atoms with Crippen molar-refractivity contribution >= 4 is 9.84 Å². The van der Waals surface area contributed by atoms with Crippen molar-refractivity contribution in [1.29, 1.82) is 0 Å². The van der Waals surface area contributed by atoms with E-state index in [-0.39, 0.29) is 17.0 Å². The topological polar surface area (TPSA) is 57.6 Å². The lowest BCUT2D eigenvalue weighted by Gasteiger charge is -2.38.